The van der Waals surface area contributed by atoms with Crippen molar-refractivity contribution < 1.29 is 14.3 Å². The van der Waals surface area contributed by atoms with Gasteiger partial charge in [0.1, 0.15) is 16.3 Å². The normalized spacial score (nSPS) is 10.7. The number of aldehydes is 1. The van der Waals surface area contributed by atoms with Gasteiger partial charge in [0.25, 0.3) is 0 Å². The van der Waals surface area contributed by atoms with E-state index in [1.54, 1.807) is 0 Å². The minimum absolute atomic E-state index is 0.286. The lowest BCUT2D eigenvalue weighted by Crippen LogP contribution is -2.27. The van der Waals surface area contributed by atoms with Crippen LogP contribution in [0.3, 0.4) is 0 Å². The first-order valence-electron chi connectivity index (χ1n) is 2.74. The predicted octanol–water partition coefficient (Wildman–Crippen LogP) is 1.15. The second-order valence-corrected chi connectivity index (χ2v) is 3.00. The van der Waals surface area contributed by atoms with Crippen molar-refractivity contribution in [3.05, 3.63) is 0 Å². The molecule has 0 aliphatic heterocycles. The number of hydrogen-bond donors (Lipinski definition) is 0. The van der Waals surface area contributed by atoms with E-state index in [0.29, 0.717) is 6.29 Å². The van der Waals surface area contributed by atoms with Crippen molar-refractivity contribution in [1.82, 2.24) is 0 Å². The number of esters is 1. The molecule has 0 aliphatic rings. The molecule has 0 atom stereocenters. The van der Waals surface area contributed by atoms with Gasteiger partial charge in [0.05, 0.1) is 0 Å². The van der Waals surface area contributed by atoms with E-state index in [0.717, 1.165) is 0 Å². The monoisotopic (exact) mass is 256 g/mol. The smallest absolute Gasteiger partial charge is 0.319 e. The van der Waals surface area contributed by atoms with Crippen LogP contribution in [0.2, 0.25) is 0 Å². The Morgan fingerprint density at radius 2 is 2.20 bits per heavy atom. The molecule has 0 rings (SSSR count). The van der Waals surface area contributed by atoms with E-state index in [1.165, 1.54) is 13.8 Å². The summed E-state index contributed by atoms with van der Waals surface area (Å²) in [6.45, 7) is 3.04. The molecule has 0 spiro atoms. The molecule has 0 saturated heterocycles. The van der Waals surface area contributed by atoms with E-state index in [2.05, 4.69) is 4.74 Å². The first-order chi connectivity index (χ1) is 4.54. The molecule has 0 unspecified atom stereocenters. The minimum atomic E-state index is -0.995. The van der Waals surface area contributed by atoms with Crippen LogP contribution in [0.5, 0.6) is 0 Å². The molecule has 0 bridgehead atoms. The number of hydrogen-bond acceptors (Lipinski definition) is 3. The fourth-order valence-electron chi connectivity index (χ4n) is 0.284. The Hall–Kier alpha value is -0.130. The lowest BCUT2D eigenvalue weighted by molar-refractivity contribution is -0.152. The third-order valence-corrected chi connectivity index (χ3v) is 1.32. The van der Waals surface area contributed by atoms with Crippen LogP contribution in [0.4, 0.5) is 0 Å². The van der Waals surface area contributed by atoms with Gasteiger partial charge in [0.2, 0.25) is 0 Å². The zero-order chi connectivity index (χ0) is 8.20. The van der Waals surface area contributed by atoms with Crippen LogP contribution in [0, 0.1) is 5.41 Å². The van der Waals surface area contributed by atoms with E-state index >= 15 is 0 Å². The predicted molar refractivity (Wildman–Crippen MR) is 44.8 cm³/mol. The summed E-state index contributed by atoms with van der Waals surface area (Å²) in [4.78, 5) is 21.1. The maximum absolute atomic E-state index is 10.8. The van der Waals surface area contributed by atoms with Crippen molar-refractivity contribution in [2.75, 3.05) is 4.61 Å². The Balaban J connectivity index is 4.04. The lowest BCUT2D eigenvalue weighted by atomic mass is 9.97. The summed E-state index contributed by atoms with van der Waals surface area (Å²) in [7, 11) is 0. The van der Waals surface area contributed by atoms with Crippen molar-refractivity contribution in [1.29, 1.82) is 0 Å². The second kappa shape index (κ2) is 3.90. The first kappa shape index (κ1) is 9.87. The van der Waals surface area contributed by atoms with E-state index < -0.39 is 11.4 Å². The molecule has 3 nitrogen and oxygen atoms in total. The van der Waals surface area contributed by atoms with Crippen molar-refractivity contribution in [3.8, 4) is 0 Å². The van der Waals surface area contributed by atoms with E-state index in [9.17, 15) is 9.59 Å². The Morgan fingerprint density at radius 1 is 1.70 bits per heavy atom. The second-order valence-electron chi connectivity index (χ2n) is 2.38. The molecule has 0 aromatic heterocycles. The SMILES string of the molecule is CC(C)(C=O)C(=O)OCI. The molecule has 0 aromatic carbocycles. The fraction of sp³-hybridized carbons (Fsp3) is 0.667. The highest BCUT2D eigenvalue weighted by Gasteiger charge is 2.28. The summed E-state index contributed by atoms with van der Waals surface area (Å²) in [6.07, 6.45) is 0.585. The van der Waals surface area contributed by atoms with Gasteiger partial charge in [0, 0.05) is 0 Å². The quantitative estimate of drug-likeness (QED) is 0.250. The maximum atomic E-state index is 10.8. The van der Waals surface area contributed by atoms with Crippen molar-refractivity contribution >= 4 is 34.8 Å². The Bertz CT molecular complexity index is 142. The van der Waals surface area contributed by atoms with Crippen LogP contribution < -0.4 is 0 Å². The van der Waals surface area contributed by atoms with Gasteiger partial charge in [-0.1, -0.05) is 0 Å². The van der Waals surface area contributed by atoms with Crippen molar-refractivity contribution in [2.45, 2.75) is 13.8 Å². The van der Waals surface area contributed by atoms with Gasteiger partial charge < -0.3 is 9.53 Å². The average Bonchev–Trinajstić information content (AvgIpc) is 1.89. The van der Waals surface area contributed by atoms with Gasteiger partial charge >= 0.3 is 5.97 Å². The highest BCUT2D eigenvalue weighted by Crippen LogP contribution is 2.13. The number of halogens is 1. The molecule has 0 aliphatic carbocycles. The molecular weight excluding hydrogens is 247 g/mol. The standard InChI is InChI=1S/C6H9IO3/c1-6(2,3-8)5(9)10-4-7/h3H,4H2,1-2H3. The van der Waals surface area contributed by atoms with E-state index in [4.69, 9.17) is 0 Å². The van der Waals surface area contributed by atoms with Gasteiger partial charge in [-0.2, -0.15) is 0 Å². The number of carbonyl (C=O) groups excluding carboxylic acids is 2. The molecule has 0 saturated carbocycles. The Labute approximate surface area is 73.3 Å². The van der Waals surface area contributed by atoms with Gasteiger partial charge in [0.15, 0.2) is 0 Å². The third kappa shape index (κ3) is 2.64. The highest BCUT2D eigenvalue weighted by molar-refractivity contribution is 14.1. The summed E-state index contributed by atoms with van der Waals surface area (Å²) in [5, 5.41) is 0. The van der Waals surface area contributed by atoms with Crippen LogP contribution >= 0.6 is 22.6 Å². The maximum Gasteiger partial charge on any atom is 0.319 e. The highest BCUT2D eigenvalue weighted by atomic mass is 127. The zero-order valence-electron chi connectivity index (χ0n) is 5.89. The summed E-state index contributed by atoms with van der Waals surface area (Å²) in [5.41, 5.74) is -0.995. The Morgan fingerprint density at radius 3 is 2.50 bits per heavy atom. The summed E-state index contributed by atoms with van der Waals surface area (Å²) >= 11 is 1.90. The molecule has 10 heavy (non-hydrogen) atoms. The van der Waals surface area contributed by atoms with Gasteiger partial charge in [-0.25, -0.2) is 0 Å². The summed E-state index contributed by atoms with van der Waals surface area (Å²) < 4.78 is 4.90. The van der Waals surface area contributed by atoms with Gasteiger partial charge in [-0.3, -0.25) is 4.79 Å². The molecule has 0 radical (unpaired) electrons. The molecule has 58 valence electrons. The van der Waals surface area contributed by atoms with Crippen molar-refractivity contribution in [3.63, 3.8) is 0 Å². The van der Waals surface area contributed by atoms with Gasteiger partial charge in [-0.05, 0) is 36.4 Å². The first-order valence-corrected chi connectivity index (χ1v) is 4.26. The van der Waals surface area contributed by atoms with Gasteiger partial charge in [-0.15, -0.1) is 0 Å². The molecule has 0 fully saturated rings. The number of rotatable bonds is 3. The molecule has 0 heterocycles. The molecule has 4 heteroatoms. The van der Waals surface area contributed by atoms with Crippen molar-refractivity contribution in [2.24, 2.45) is 5.41 Å². The molecule has 0 N–H and O–H groups in total. The molecular formula is C6H9IO3. The van der Waals surface area contributed by atoms with E-state index in [-0.39, 0.29) is 4.61 Å². The minimum Gasteiger partial charge on any atom is -0.454 e. The van der Waals surface area contributed by atoms with E-state index in [1.807, 2.05) is 22.6 Å². The number of carbonyl (C=O) groups is 2. The number of alkyl halides is 1. The lowest BCUT2D eigenvalue weighted by Gasteiger charge is -2.13. The third-order valence-electron chi connectivity index (χ3n) is 1.01. The van der Waals surface area contributed by atoms with Crippen LogP contribution in [0.1, 0.15) is 13.8 Å². The summed E-state index contributed by atoms with van der Waals surface area (Å²) in [6, 6.07) is 0. The van der Waals surface area contributed by atoms with Crippen LogP contribution in [0.25, 0.3) is 0 Å². The average molecular weight is 256 g/mol. The fourth-order valence-corrected chi connectivity index (χ4v) is 0.567. The zero-order valence-corrected chi connectivity index (χ0v) is 8.04. The van der Waals surface area contributed by atoms with Crippen LogP contribution in [0.15, 0.2) is 0 Å². The summed E-state index contributed by atoms with van der Waals surface area (Å²) in [5.74, 6) is -0.475. The number of ether oxygens (including phenoxy) is 1. The molecule has 0 aromatic rings. The van der Waals surface area contributed by atoms with Crippen LogP contribution in [-0.4, -0.2) is 16.9 Å². The topological polar surface area (TPSA) is 43.4 Å². The Kier molecular flexibility index (Phi) is 3.85. The largest absolute Gasteiger partial charge is 0.454 e. The molecule has 0 amide bonds. The van der Waals surface area contributed by atoms with Crippen LogP contribution in [-0.2, 0) is 14.3 Å².